The predicted octanol–water partition coefficient (Wildman–Crippen LogP) is 5.34. The molecular weight excluding hydrogens is 400 g/mol. The van der Waals surface area contributed by atoms with Gasteiger partial charge in [0.15, 0.2) is 0 Å². The molecule has 32 heavy (non-hydrogen) atoms. The van der Waals surface area contributed by atoms with Gasteiger partial charge < -0.3 is 15.5 Å². The van der Waals surface area contributed by atoms with Crippen molar-refractivity contribution in [3.63, 3.8) is 0 Å². The molecular formula is C26H52N4O2. The second-order valence-corrected chi connectivity index (χ2v) is 9.15. The van der Waals surface area contributed by atoms with Gasteiger partial charge in [-0.25, -0.2) is 0 Å². The summed E-state index contributed by atoms with van der Waals surface area (Å²) in [6.07, 6.45) is 8.75. The maximum absolute atomic E-state index is 12.5. The third kappa shape index (κ3) is 17.9. The van der Waals surface area contributed by atoms with Crippen molar-refractivity contribution in [2.75, 3.05) is 33.7 Å². The molecule has 0 spiro atoms. The first kappa shape index (κ1) is 32.5. The van der Waals surface area contributed by atoms with Crippen LogP contribution in [0.3, 0.4) is 0 Å². The molecule has 1 aliphatic rings. The number of amides is 2. The first-order valence-electron chi connectivity index (χ1n) is 12.6. The van der Waals surface area contributed by atoms with Crippen LogP contribution in [0.15, 0.2) is 16.3 Å². The van der Waals surface area contributed by atoms with Crippen molar-refractivity contribution in [2.45, 2.75) is 99.8 Å². The molecule has 1 rings (SSSR count). The first-order valence-corrected chi connectivity index (χ1v) is 12.6. The van der Waals surface area contributed by atoms with Crippen molar-refractivity contribution in [3.05, 3.63) is 11.3 Å². The summed E-state index contributed by atoms with van der Waals surface area (Å²) >= 11 is 0. The largest absolute Gasteiger partial charge is 0.358 e. The SMILES string of the molecule is CC(C)C.CCC.CCCCCC1=NC(C(=O)NCC(=O)NC)=C(CN(C)CCCC)C1. The Morgan fingerprint density at radius 2 is 1.59 bits per heavy atom. The molecule has 0 aromatic carbocycles. The zero-order valence-electron chi connectivity index (χ0n) is 22.6. The van der Waals surface area contributed by atoms with Gasteiger partial charge in [-0.05, 0) is 44.3 Å². The lowest BCUT2D eigenvalue weighted by molar-refractivity contribution is -0.124. The Morgan fingerprint density at radius 3 is 2.09 bits per heavy atom. The molecule has 0 bridgehead atoms. The maximum atomic E-state index is 12.5. The molecule has 6 nitrogen and oxygen atoms in total. The fourth-order valence-corrected chi connectivity index (χ4v) is 2.84. The van der Waals surface area contributed by atoms with E-state index in [0.717, 1.165) is 62.4 Å². The number of rotatable bonds is 12. The van der Waals surface area contributed by atoms with Crippen molar-refractivity contribution < 1.29 is 9.59 Å². The van der Waals surface area contributed by atoms with E-state index in [1.54, 1.807) is 7.05 Å². The van der Waals surface area contributed by atoms with Crippen LogP contribution in [0.25, 0.3) is 0 Å². The number of nitrogens with zero attached hydrogens (tertiary/aromatic N) is 2. The Kier molecular flexibility index (Phi) is 21.5. The van der Waals surface area contributed by atoms with E-state index in [-0.39, 0.29) is 18.4 Å². The third-order valence-electron chi connectivity index (χ3n) is 4.35. The summed E-state index contributed by atoms with van der Waals surface area (Å²) in [7, 11) is 3.64. The molecule has 0 saturated carbocycles. The number of carbonyl (C=O) groups excluding carboxylic acids is 2. The smallest absolute Gasteiger partial charge is 0.270 e. The van der Waals surface area contributed by atoms with Crippen LogP contribution >= 0.6 is 0 Å². The van der Waals surface area contributed by atoms with Gasteiger partial charge in [-0.1, -0.05) is 74.1 Å². The number of nitrogens with one attached hydrogen (secondary N) is 2. The van der Waals surface area contributed by atoms with E-state index in [1.165, 1.54) is 19.3 Å². The Bertz CT molecular complexity index is 565. The Morgan fingerprint density at radius 1 is 1.03 bits per heavy atom. The van der Waals surface area contributed by atoms with E-state index in [0.29, 0.717) is 5.70 Å². The van der Waals surface area contributed by atoms with Gasteiger partial charge in [0.1, 0.15) is 5.70 Å². The van der Waals surface area contributed by atoms with Crippen molar-refractivity contribution in [3.8, 4) is 0 Å². The Balaban J connectivity index is 0. The van der Waals surface area contributed by atoms with Crippen LogP contribution in [-0.2, 0) is 9.59 Å². The third-order valence-corrected chi connectivity index (χ3v) is 4.35. The second kappa shape index (κ2) is 21.2. The molecule has 188 valence electrons. The normalized spacial score (nSPS) is 12.7. The Hall–Kier alpha value is -1.69. The lowest BCUT2D eigenvalue weighted by Crippen LogP contribution is -2.36. The monoisotopic (exact) mass is 452 g/mol. The van der Waals surface area contributed by atoms with Gasteiger partial charge in [0, 0.05) is 25.7 Å². The molecule has 2 amide bonds. The van der Waals surface area contributed by atoms with E-state index >= 15 is 0 Å². The van der Waals surface area contributed by atoms with Gasteiger partial charge in [-0.15, -0.1) is 0 Å². The summed E-state index contributed by atoms with van der Waals surface area (Å²) < 4.78 is 0. The lowest BCUT2D eigenvalue weighted by Gasteiger charge is -2.17. The summed E-state index contributed by atoms with van der Waals surface area (Å²) in [5.74, 6) is 0.383. The number of hydrogen-bond acceptors (Lipinski definition) is 4. The van der Waals surface area contributed by atoms with Gasteiger partial charge in [-0.2, -0.15) is 0 Å². The predicted molar refractivity (Wildman–Crippen MR) is 139 cm³/mol. The number of hydrogen-bond donors (Lipinski definition) is 2. The van der Waals surface area contributed by atoms with Crippen molar-refractivity contribution in [2.24, 2.45) is 10.9 Å². The number of aliphatic imine (C=N–C) groups is 1. The number of unbranched alkanes of at least 4 members (excludes halogenated alkanes) is 3. The molecule has 0 unspecified atom stereocenters. The minimum absolute atomic E-state index is 0.0154. The molecule has 2 N–H and O–H groups in total. The van der Waals surface area contributed by atoms with Crippen LogP contribution in [0.1, 0.15) is 99.8 Å². The van der Waals surface area contributed by atoms with Crippen LogP contribution in [0, 0.1) is 5.92 Å². The van der Waals surface area contributed by atoms with Crippen LogP contribution in [0.5, 0.6) is 0 Å². The molecule has 0 saturated heterocycles. The van der Waals surface area contributed by atoms with Gasteiger partial charge in [-0.3, -0.25) is 14.6 Å². The van der Waals surface area contributed by atoms with Gasteiger partial charge in [0.2, 0.25) is 5.91 Å². The van der Waals surface area contributed by atoms with Crippen LogP contribution < -0.4 is 10.6 Å². The van der Waals surface area contributed by atoms with Crippen LogP contribution in [-0.4, -0.2) is 56.2 Å². The van der Waals surface area contributed by atoms with Crippen molar-refractivity contribution in [1.82, 2.24) is 15.5 Å². The summed E-state index contributed by atoms with van der Waals surface area (Å²) in [4.78, 5) is 30.7. The maximum Gasteiger partial charge on any atom is 0.270 e. The Labute approximate surface area is 198 Å². The zero-order chi connectivity index (χ0) is 24.9. The topological polar surface area (TPSA) is 73.8 Å². The fourth-order valence-electron chi connectivity index (χ4n) is 2.84. The van der Waals surface area contributed by atoms with E-state index in [1.807, 2.05) is 0 Å². The van der Waals surface area contributed by atoms with E-state index in [9.17, 15) is 9.59 Å². The molecule has 0 aromatic heterocycles. The summed E-state index contributed by atoms with van der Waals surface area (Å²) in [6, 6.07) is 0. The van der Waals surface area contributed by atoms with Gasteiger partial charge in [0.05, 0.1) is 6.54 Å². The molecule has 0 aliphatic carbocycles. The molecule has 1 heterocycles. The molecule has 6 heteroatoms. The standard InChI is InChI=1S/C19H34N4O2.C4H10.C3H8/c1-5-7-9-10-16-12-15(14-23(4)11-8-6-2)18(22-16)19(25)21-13-17(24)20-3;1-4(2)3;1-3-2/h5-14H2,1-4H3,(H,20,24)(H,21,25);4H,1-3H3;3H2,1-2H3. The quantitative estimate of drug-likeness (QED) is 0.393. The highest BCUT2D eigenvalue weighted by molar-refractivity contribution is 6.03. The number of likely N-dealkylation sites (N-methyl/N-ethyl adjacent to an activating group) is 2. The number of carbonyl (C=O) groups is 2. The molecule has 0 aromatic rings. The van der Waals surface area contributed by atoms with E-state index in [4.69, 9.17) is 0 Å². The van der Waals surface area contributed by atoms with E-state index < -0.39 is 0 Å². The van der Waals surface area contributed by atoms with Crippen molar-refractivity contribution in [1.29, 1.82) is 0 Å². The van der Waals surface area contributed by atoms with Gasteiger partial charge in [0.25, 0.3) is 5.91 Å². The minimum atomic E-state index is -0.243. The van der Waals surface area contributed by atoms with E-state index in [2.05, 4.69) is 76.0 Å². The highest BCUT2D eigenvalue weighted by Crippen LogP contribution is 2.24. The zero-order valence-corrected chi connectivity index (χ0v) is 22.6. The van der Waals surface area contributed by atoms with Crippen LogP contribution in [0.4, 0.5) is 0 Å². The molecule has 0 fully saturated rings. The molecule has 0 radical (unpaired) electrons. The first-order chi connectivity index (χ1) is 15.2. The molecule has 1 aliphatic heterocycles. The highest BCUT2D eigenvalue weighted by Gasteiger charge is 2.24. The second-order valence-electron chi connectivity index (χ2n) is 9.15. The summed E-state index contributed by atoms with van der Waals surface area (Å²) in [5, 5.41) is 5.18. The average Bonchev–Trinajstić information content (AvgIpc) is 3.13. The molecule has 0 atom stereocenters. The highest BCUT2D eigenvalue weighted by atomic mass is 16.2. The van der Waals surface area contributed by atoms with Crippen molar-refractivity contribution >= 4 is 17.5 Å². The van der Waals surface area contributed by atoms with Gasteiger partial charge >= 0.3 is 0 Å². The lowest BCUT2D eigenvalue weighted by atomic mass is 10.0. The van der Waals surface area contributed by atoms with Crippen LogP contribution in [0.2, 0.25) is 0 Å². The summed E-state index contributed by atoms with van der Waals surface area (Å²) in [6.45, 7) is 16.9. The summed E-state index contributed by atoms with van der Waals surface area (Å²) in [5.41, 5.74) is 2.68. The fraction of sp³-hybridized carbons (Fsp3) is 0.808. The minimum Gasteiger partial charge on any atom is -0.358 e. The average molecular weight is 453 g/mol.